The van der Waals surface area contributed by atoms with E-state index in [0.29, 0.717) is 18.8 Å². The van der Waals surface area contributed by atoms with Crippen molar-refractivity contribution < 1.29 is 8.42 Å². The van der Waals surface area contributed by atoms with Gasteiger partial charge in [0, 0.05) is 13.0 Å². The molecule has 1 aromatic heterocycles. The molecule has 0 aliphatic carbocycles. The minimum atomic E-state index is -3.84. The highest BCUT2D eigenvalue weighted by molar-refractivity contribution is 7.89. The highest BCUT2D eigenvalue weighted by atomic mass is 32.2. The smallest absolute Gasteiger partial charge is 0.273 e. The lowest BCUT2D eigenvalue weighted by Gasteiger charge is -2.07. The summed E-state index contributed by atoms with van der Waals surface area (Å²) in [5, 5.41) is 12.6. The molecule has 0 saturated carbocycles. The minimum Gasteiger partial charge on any atom is -0.300 e. The van der Waals surface area contributed by atoms with Gasteiger partial charge in [-0.25, -0.2) is 13.6 Å². The number of sulfonamides is 1. The van der Waals surface area contributed by atoms with E-state index >= 15 is 0 Å². The van der Waals surface area contributed by atoms with Crippen LogP contribution in [-0.4, -0.2) is 23.2 Å². The van der Waals surface area contributed by atoms with Crippen molar-refractivity contribution in [2.75, 3.05) is 0 Å². The van der Waals surface area contributed by atoms with E-state index in [1.165, 1.54) is 0 Å². The van der Waals surface area contributed by atoms with Crippen LogP contribution in [0.2, 0.25) is 0 Å². The van der Waals surface area contributed by atoms with E-state index in [1.807, 2.05) is 37.3 Å². The third-order valence-corrected chi connectivity index (χ3v) is 3.51. The minimum absolute atomic E-state index is 0.166. The largest absolute Gasteiger partial charge is 0.300 e. The number of hydrogen-bond acceptors (Lipinski definition) is 4. The summed E-state index contributed by atoms with van der Waals surface area (Å²) in [5.41, 5.74) is 1.05. The van der Waals surface area contributed by atoms with Crippen molar-refractivity contribution >= 4 is 10.0 Å². The van der Waals surface area contributed by atoms with Gasteiger partial charge in [0.15, 0.2) is 0 Å². The maximum atomic E-state index is 11.4. The second-order valence-electron chi connectivity index (χ2n) is 4.26. The van der Waals surface area contributed by atoms with Gasteiger partial charge >= 0.3 is 0 Å². The van der Waals surface area contributed by atoms with Gasteiger partial charge in [-0.15, -0.1) is 10.2 Å². The van der Waals surface area contributed by atoms with Crippen LogP contribution in [-0.2, 0) is 23.0 Å². The number of benzene rings is 1. The highest BCUT2D eigenvalue weighted by Crippen LogP contribution is 2.12. The molecule has 6 nitrogen and oxygen atoms in total. The van der Waals surface area contributed by atoms with Gasteiger partial charge in [0.05, 0.1) is 0 Å². The molecule has 0 saturated heterocycles. The van der Waals surface area contributed by atoms with Crippen molar-refractivity contribution in [3.63, 3.8) is 0 Å². The molecule has 0 bridgehead atoms. The standard InChI is InChI=1S/C12H16N4O2S/c1-2-8-16-11(9-10-6-4-3-5-7-10)14-15-12(16)19(13,17)18/h3-7H,2,8-9H2,1H3,(H2,13,17,18). The average Bonchev–Trinajstić information content (AvgIpc) is 2.74. The summed E-state index contributed by atoms with van der Waals surface area (Å²) in [7, 11) is -3.84. The topological polar surface area (TPSA) is 90.9 Å². The molecular weight excluding hydrogens is 264 g/mol. The Morgan fingerprint density at radius 1 is 1.21 bits per heavy atom. The van der Waals surface area contributed by atoms with Gasteiger partial charge in [-0.1, -0.05) is 37.3 Å². The first-order chi connectivity index (χ1) is 9.02. The van der Waals surface area contributed by atoms with E-state index in [-0.39, 0.29) is 5.16 Å². The summed E-state index contributed by atoms with van der Waals surface area (Å²) in [6.45, 7) is 2.49. The monoisotopic (exact) mass is 280 g/mol. The Labute approximate surface area is 112 Å². The molecule has 2 rings (SSSR count). The molecule has 1 heterocycles. The van der Waals surface area contributed by atoms with Crippen LogP contribution in [0.25, 0.3) is 0 Å². The number of primary sulfonamides is 1. The summed E-state index contributed by atoms with van der Waals surface area (Å²) in [5.74, 6) is 0.608. The lowest BCUT2D eigenvalue weighted by Crippen LogP contribution is -2.19. The SMILES string of the molecule is CCCn1c(Cc2ccccc2)nnc1S(N)(=O)=O. The van der Waals surface area contributed by atoms with Gasteiger partial charge in [0.1, 0.15) is 5.82 Å². The number of aromatic nitrogens is 3. The van der Waals surface area contributed by atoms with Gasteiger partial charge in [0.25, 0.3) is 15.2 Å². The number of rotatable bonds is 5. The molecule has 0 unspecified atom stereocenters. The summed E-state index contributed by atoms with van der Waals surface area (Å²) in [6, 6.07) is 9.70. The van der Waals surface area contributed by atoms with E-state index in [4.69, 9.17) is 5.14 Å². The van der Waals surface area contributed by atoms with Gasteiger partial charge in [-0.3, -0.25) is 0 Å². The van der Waals surface area contributed by atoms with Crippen LogP contribution in [0.15, 0.2) is 35.5 Å². The van der Waals surface area contributed by atoms with Crippen molar-refractivity contribution in [1.82, 2.24) is 14.8 Å². The van der Waals surface area contributed by atoms with E-state index in [2.05, 4.69) is 10.2 Å². The summed E-state index contributed by atoms with van der Waals surface area (Å²) in [6.07, 6.45) is 1.31. The zero-order valence-electron chi connectivity index (χ0n) is 10.7. The molecule has 7 heteroatoms. The molecule has 0 radical (unpaired) electrons. The molecule has 0 atom stereocenters. The summed E-state index contributed by atoms with van der Waals surface area (Å²) >= 11 is 0. The van der Waals surface area contributed by atoms with Crippen molar-refractivity contribution in [2.45, 2.75) is 31.5 Å². The zero-order valence-corrected chi connectivity index (χ0v) is 11.5. The maximum Gasteiger partial charge on any atom is 0.273 e. The number of nitrogens with zero attached hydrogens (tertiary/aromatic N) is 3. The van der Waals surface area contributed by atoms with Crippen LogP contribution in [0.5, 0.6) is 0 Å². The van der Waals surface area contributed by atoms with Crippen LogP contribution in [0, 0.1) is 0 Å². The number of hydrogen-bond donors (Lipinski definition) is 1. The molecular formula is C12H16N4O2S. The Hall–Kier alpha value is -1.73. The molecule has 0 aliphatic heterocycles. The quantitative estimate of drug-likeness (QED) is 0.882. The number of nitrogens with two attached hydrogens (primary N) is 1. The van der Waals surface area contributed by atoms with Gasteiger partial charge in [0.2, 0.25) is 0 Å². The first-order valence-corrected chi connectivity index (χ1v) is 7.56. The van der Waals surface area contributed by atoms with Crippen molar-refractivity contribution in [2.24, 2.45) is 5.14 Å². The zero-order chi connectivity index (χ0) is 13.9. The highest BCUT2D eigenvalue weighted by Gasteiger charge is 2.20. The lowest BCUT2D eigenvalue weighted by molar-refractivity contribution is 0.550. The summed E-state index contributed by atoms with van der Waals surface area (Å²) < 4.78 is 24.5. The molecule has 0 fully saturated rings. The predicted molar refractivity (Wildman–Crippen MR) is 70.9 cm³/mol. The fourth-order valence-corrected chi connectivity index (χ4v) is 2.55. The van der Waals surface area contributed by atoms with Crippen molar-refractivity contribution in [3.05, 3.63) is 41.7 Å². The van der Waals surface area contributed by atoms with Gasteiger partial charge in [-0.05, 0) is 12.0 Å². The Morgan fingerprint density at radius 2 is 1.89 bits per heavy atom. The Kier molecular flexibility index (Phi) is 3.96. The van der Waals surface area contributed by atoms with E-state index in [1.54, 1.807) is 4.57 Å². The molecule has 19 heavy (non-hydrogen) atoms. The Balaban J connectivity index is 2.39. The van der Waals surface area contributed by atoms with E-state index < -0.39 is 10.0 Å². The maximum absolute atomic E-state index is 11.4. The van der Waals surface area contributed by atoms with Crippen LogP contribution in [0.4, 0.5) is 0 Å². The predicted octanol–water partition coefficient (Wildman–Crippen LogP) is 0.926. The van der Waals surface area contributed by atoms with Crippen LogP contribution < -0.4 is 5.14 Å². The Morgan fingerprint density at radius 3 is 2.47 bits per heavy atom. The normalized spacial score (nSPS) is 11.7. The summed E-state index contributed by atoms with van der Waals surface area (Å²) in [4.78, 5) is 0. The average molecular weight is 280 g/mol. The fourth-order valence-electron chi connectivity index (χ4n) is 1.89. The molecule has 0 aliphatic rings. The van der Waals surface area contributed by atoms with Gasteiger partial charge in [-0.2, -0.15) is 0 Å². The Bertz CT molecular complexity index is 650. The van der Waals surface area contributed by atoms with Crippen LogP contribution in [0.3, 0.4) is 0 Å². The molecule has 2 aromatic rings. The fraction of sp³-hybridized carbons (Fsp3) is 0.333. The van der Waals surface area contributed by atoms with Crippen LogP contribution in [0.1, 0.15) is 24.7 Å². The lowest BCUT2D eigenvalue weighted by atomic mass is 10.1. The van der Waals surface area contributed by atoms with Crippen molar-refractivity contribution in [1.29, 1.82) is 0 Å². The first kappa shape index (κ1) is 13.7. The third kappa shape index (κ3) is 3.18. The molecule has 0 spiro atoms. The second-order valence-corrected chi connectivity index (χ2v) is 5.71. The molecule has 2 N–H and O–H groups in total. The third-order valence-electron chi connectivity index (χ3n) is 2.70. The van der Waals surface area contributed by atoms with E-state index in [9.17, 15) is 8.42 Å². The molecule has 102 valence electrons. The molecule has 1 aromatic carbocycles. The van der Waals surface area contributed by atoms with Gasteiger partial charge < -0.3 is 4.57 Å². The van der Waals surface area contributed by atoms with Crippen molar-refractivity contribution in [3.8, 4) is 0 Å². The first-order valence-electron chi connectivity index (χ1n) is 6.01. The molecule has 0 amide bonds. The van der Waals surface area contributed by atoms with Crippen LogP contribution >= 0.6 is 0 Å². The van der Waals surface area contributed by atoms with E-state index in [0.717, 1.165) is 12.0 Å². The second kappa shape index (κ2) is 5.50.